The van der Waals surface area contributed by atoms with E-state index in [0.29, 0.717) is 17.9 Å². The Labute approximate surface area is 108 Å². The van der Waals surface area contributed by atoms with Crippen LogP contribution in [0.5, 0.6) is 0 Å². The third kappa shape index (κ3) is 4.37. The van der Waals surface area contributed by atoms with Gasteiger partial charge in [-0.1, -0.05) is 39.7 Å². The highest BCUT2D eigenvalue weighted by Gasteiger charge is 2.05. The molecule has 1 aromatic carbocycles. The molecule has 4 heteroatoms. The number of esters is 1. The number of carbonyl (C=O) groups is 1. The molecule has 0 heterocycles. The molecule has 16 heavy (non-hydrogen) atoms. The standard InChI is InChI=1S/C12H12BrClO2/c1-2-3-4-12(15)16-8-9-5-6-10(13)7-11(9)14/h2,5-7H,1,3-4,8H2. The Morgan fingerprint density at radius 2 is 2.31 bits per heavy atom. The molecule has 0 aromatic heterocycles. The molecule has 0 aliphatic rings. The van der Waals surface area contributed by atoms with Crippen molar-refractivity contribution in [2.45, 2.75) is 19.4 Å². The lowest BCUT2D eigenvalue weighted by Crippen LogP contribution is -2.04. The molecule has 0 spiro atoms. The van der Waals surface area contributed by atoms with Gasteiger partial charge in [-0.3, -0.25) is 4.79 Å². The van der Waals surface area contributed by atoms with Gasteiger partial charge < -0.3 is 4.74 Å². The van der Waals surface area contributed by atoms with Crippen molar-refractivity contribution in [3.05, 3.63) is 45.9 Å². The lowest BCUT2D eigenvalue weighted by Gasteiger charge is -2.06. The van der Waals surface area contributed by atoms with Gasteiger partial charge in [0.25, 0.3) is 0 Å². The maximum Gasteiger partial charge on any atom is 0.306 e. The summed E-state index contributed by atoms with van der Waals surface area (Å²) in [6.45, 7) is 3.75. The molecule has 86 valence electrons. The molecule has 0 aliphatic carbocycles. The van der Waals surface area contributed by atoms with Gasteiger partial charge in [-0.05, 0) is 18.6 Å². The topological polar surface area (TPSA) is 26.3 Å². The Bertz CT molecular complexity index is 391. The maximum absolute atomic E-state index is 11.2. The number of carbonyl (C=O) groups excluding carboxylic acids is 1. The molecule has 0 N–H and O–H groups in total. The second-order valence-corrected chi connectivity index (χ2v) is 4.55. The van der Waals surface area contributed by atoms with Gasteiger partial charge in [-0.2, -0.15) is 0 Å². The molecule has 0 saturated carbocycles. The van der Waals surface area contributed by atoms with Crippen LogP contribution in [0.2, 0.25) is 5.02 Å². The first-order chi connectivity index (χ1) is 7.63. The van der Waals surface area contributed by atoms with Crippen LogP contribution in [0.4, 0.5) is 0 Å². The van der Waals surface area contributed by atoms with E-state index in [1.165, 1.54) is 0 Å². The minimum atomic E-state index is -0.237. The highest BCUT2D eigenvalue weighted by Crippen LogP contribution is 2.22. The van der Waals surface area contributed by atoms with Crippen molar-refractivity contribution in [2.75, 3.05) is 0 Å². The van der Waals surface area contributed by atoms with Crippen molar-refractivity contribution in [1.82, 2.24) is 0 Å². The summed E-state index contributed by atoms with van der Waals surface area (Å²) in [5, 5.41) is 0.589. The summed E-state index contributed by atoms with van der Waals surface area (Å²) in [6.07, 6.45) is 2.68. The number of hydrogen-bond acceptors (Lipinski definition) is 2. The largest absolute Gasteiger partial charge is 0.461 e. The van der Waals surface area contributed by atoms with Crippen molar-refractivity contribution in [3.8, 4) is 0 Å². The number of allylic oxidation sites excluding steroid dienone is 1. The maximum atomic E-state index is 11.2. The van der Waals surface area contributed by atoms with Gasteiger partial charge >= 0.3 is 5.97 Å². The highest BCUT2D eigenvalue weighted by atomic mass is 79.9. The number of rotatable bonds is 5. The van der Waals surface area contributed by atoms with Crippen molar-refractivity contribution in [3.63, 3.8) is 0 Å². The van der Waals surface area contributed by atoms with E-state index in [9.17, 15) is 4.79 Å². The van der Waals surface area contributed by atoms with Crippen molar-refractivity contribution in [2.24, 2.45) is 0 Å². The second kappa shape index (κ2) is 6.71. The third-order valence-corrected chi connectivity index (χ3v) is 2.80. The van der Waals surface area contributed by atoms with Gasteiger partial charge in [0.15, 0.2) is 0 Å². The smallest absolute Gasteiger partial charge is 0.306 e. The predicted octanol–water partition coefficient (Wildman–Crippen LogP) is 4.11. The van der Waals surface area contributed by atoms with E-state index in [1.54, 1.807) is 12.1 Å². The number of ether oxygens (including phenoxy) is 1. The molecule has 0 atom stereocenters. The van der Waals surface area contributed by atoms with Crippen LogP contribution >= 0.6 is 27.5 Å². The summed E-state index contributed by atoms with van der Waals surface area (Å²) in [5.41, 5.74) is 0.803. The first kappa shape index (κ1) is 13.3. The van der Waals surface area contributed by atoms with Crippen LogP contribution in [-0.4, -0.2) is 5.97 Å². The van der Waals surface area contributed by atoms with E-state index < -0.39 is 0 Å². The van der Waals surface area contributed by atoms with E-state index in [-0.39, 0.29) is 12.6 Å². The minimum Gasteiger partial charge on any atom is -0.461 e. The first-order valence-corrected chi connectivity index (χ1v) is 6.01. The summed E-state index contributed by atoms with van der Waals surface area (Å²) >= 11 is 9.29. The van der Waals surface area contributed by atoms with Gasteiger partial charge in [-0.15, -0.1) is 6.58 Å². The first-order valence-electron chi connectivity index (χ1n) is 4.84. The SMILES string of the molecule is C=CCCC(=O)OCc1ccc(Br)cc1Cl. The van der Waals surface area contributed by atoms with Crippen LogP contribution < -0.4 is 0 Å². The number of hydrogen-bond donors (Lipinski definition) is 0. The molecular formula is C12H12BrClO2. The average Bonchev–Trinajstić information content (AvgIpc) is 2.25. The summed E-state index contributed by atoms with van der Waals surface area (Å²) in [4.78, 5) is 11.2. The zero-order chi connectivity index (χ0) is 12.0. The summed E-state index contributed by atoms with van der Waals surface area (Å²) < 4.78 is 5.97. The second-order valence-electron chi connectivity index (χ2n) is 3.22. The van der Waals surface area contributed by atoms with Gasteiger partial charge in [-0.25, -0.2) is 0 Å². The van der Waals surface area contributed by atoms with Crippen molar-refractivity contribution in [1.29, 1.82) is 0 Å². The van der Waals surface area contributed by atoms with E-state index in [4.69, 9.17) is 16.3 Å². The van der Waals surface area contributed by atoms with Gasteiger partial charge in [0.2, 0.25) is 0 Å². The highest BCUT2D eigenvalue weighted by molar-refractivity contribution is 9.10. The summed E-state index contributed by atoms with van der Waals surface area (Å²) in [7, 11) is 0. The Balaban J connectivity index is 2.48. The van der Waals surface area contributed by atoms with Crippen LogP contribution in [0, 0.1) is 0 Å². The fourth-order valence-corrected chi connectivity index (χ4v) is 1.82. The minimum absolute atomic E-state index is 0.210. The van der Waals surface area contributed by atoms with E-state index in [0.717, 1.165) is 10.0 Å². The lowest BCUT2D eigenvalue weighted by molar-refractivity contribution is -0.144. The van der Waals surface area contributed by atoms with Crippen LogP contribution in [0.3, 0.4) is 0 Å². The Kier molecular flexibility index (Phi) is 5.56. The van der Waals surface area contributed by atoms with Gasteiger partial charge in [0.05, 0.1) is 0 Å². The van der Waals surface area contributed by atoms with E-state index in [1.807, 2.05) is 12.1 Å². The predicted molar refractivity (Wildman–Crippen MR) is 68.4 cm³/mol. The van der Waals surface area contributed by atoms with E-state index >= 15 is 0 Å². The van der Waals surface area contributed by atoms with Crippen molar-refractivity contribution >= 4 is 33.5 Å². The van der Waals surface area contributed by atoms with Gasteiger partial charge in [0.1, 0.15) is 6.61 Å². The van der Waals surface area contributed by atoms with Crippen molar-refractivity contribution < 1.29 is 9.53 Å². The molecule has 1 rings (SSSR count). The molecular weight excluding hydrogens is 291 g/mol. The zero-order valence-corrected chi connectivity index (χ0v) is 11.1. The van der Waals surface area contributed by atoms with Crippen LogP contribution in [-0.2, 0) is 16.1 Å². The molecule has 0 saturated heterocycles. The Morgan fingerprint density at radius 3 is 2.94 bits per heavy atom. The molecule has 1 aromatic rings. The number of benzene rings is 1. The lowest BCUT2D eigenvalue weighted by atomic mass is 10.2. The molecule has 0 bridgehead atoms. The molecule has 2 nitrogen and oxygen atoms in total. The Hall–Kier alpha value is -0.800. The van der Waals surface area contributed by atoms with Gasteiger partial charge in [0, 0.05) is 21.5 Å². The molecule has 0 unspecified atom stereocenters. The molecule has 0 aliphatic heterocycles. The van der Waals surface area contributed by atoms with Crippen LogP contribution in [0.25, 0.3) is 0 Å². The number of halogens is 2. The van der Waals surface area contributed by atoms with Crippen LogP contribution in [0.1, 0.15) is 18.4 Å². The van der Waals surface area contributed by atoms with E-state index in [2.05, 4.69) is 22.5 Å². The molecule has 0 amide bonds. The normalized spacial score (nSPS) is 9.88. The molecule has 0 radical (unpaired) electrons. The third-order valence-electron chi connectivity index (χ3n) is 1.96. The average molecular weight is 304 g/mol. The fourth-order valence-electron chi connectivity index (χ4n) is 1.09. The zero-order valence-electron chi connectivity index (χ0n) is 8.71. The molecule has 0 fully saturated rings. The van der Waals surface area contributed by atoms with Crippen LogP contribution in [0.15, 0.2) is 35.3 Å². The summed E-state index contributed by atoms with van der Waals surface area (Å²) in [6, 6.07) is 5.46. The fraction of sp³-hybridized carbons (Fsp3) is 0.250. The quantitative estimate of drug-likeness (QED) is 0.604. The monoisotopic (exact) mass is 302 g/mol. The summed E-state index contributed by atoms with van der Waals surface area (Å²) in [5.74, 6) is -0.237. The Morgan fingerprint density at radius 1 is 1.56 bits per heavy atom.